The maximum atomic E-state index is 10.2. The zero-order valence-electron chi connectivity index (χ0n) is 6.84. The van der Waals surface area contributed by atoms with Crippen LogP contribution in [0.25, 0.3) is 0 Å². The van der Waals surface area contributed by atoms with Crippen LogP contribution in [0.1, 0.15) is 13.3 Å². The van der Waals surface area contributed by atoms with E-state index in [1.807, 2.05) is 6.92 Å². The van der Waals surface area contributed by atoms with Gasteiger partial charge in [-0.15, -0.1) is 6.58 Å². The molecule has 0 amide bonds. The topological polar surface area (TPSA) is 49.3 Å². The number of nitrogens with one attached hydrogen (secondary N) is 1. The predicted molar refractivity (Wildman–Crippen MR) is 44.5 cm³/mol. The Balaban J connectivity index is 3.28. The molecule has 3 nitrogen and oxygen atoms in total. The average Bonchev–Trinajstić information content (AvgIpc) is 1.86. The third kappa shape index (κ3) is 7.06. The molecule has 0 radical (unpaired) electrons. The summed E-state index contributed by atoms with van der Waals surface area (Å²) in [7, 11) is 0. The number of carboxylic acids is 1. The molecule has 0 aromatic carbocycles. The molecule has 0 aromatic rings. The molecule has 0 heterocycles. The first-order valence-electron chi connectivity index (χ1n) is 3.70. The molecule has 0 aliphatic heterocycles. The van der Waals surface area contributed by atoms with Crippen molar-refractivity contribution in [1.82, 2.24) is 5.32 Å². The summed E-state index contributed by atoms with van der Waals surface area (Å²) in [6.45, 7) is 6.92. The fourth-order valence-corrected chi connectivity index (χ4v) is 0.802. The minimum absolute atomic E-state index is 0.187. The van der Waals surface area contributed by atoms with Crippen LogP contribution in [-0.2, 0) is 4.79 Å². The summed E-state index contributed by atoms with van der Waals surface area (Å²) >= 11 is 0. The van der Waals surface area contributed by atoms with Crippen molar-refractivity contribution < 1.29 is 9.90 Å². The van der Waals surface area contributed by atoms with Gasteiger partial charge in [-0.25, -0.2) is 0 Å². The second-order valence-electron chi connectivity index (χ2n) is 2.65. The standard InChI is InChI=1S/C8H15NO2/c1-3-4-9-6-7(2)5-8(10)11/h3,7,9H,1,4-6H2,2H3,(H,10,11). The highest BCUT2D eigenvalue weighted by atomic mass is 16.4. The van der Waals surface area contributed by atoms with E-state index in [0.717, 1.165) is 13.1 Å². The lowest BCUT2D eigenvalue weighted by Gasteiger charge is -2.07. The molecule has 0 rings (SSSR count). The second-order valence-corrected chi connectivity index (χ2v) is 2.65. The number of hydrogen-bond donors (Lipinski definition) is 2. The molecule has 0 saturated heterocycles. The van der Waals surface area contributed by atoms with Crippen molar-refractivity contribution in [2.45, 2.75) is 13.3 Å². The maximum absolute atomic E-state index is 10.2. The van der Waals surface area contributed by atoms with Gasteiger partial charge in [0.2, 0.25) is 0 Å². The molecule has 64 valence electrons. The van der Waals surface area contributed by atoms with E-state index in [9.17, 15) is 4.79 Å². The van der Waals surface area contributed by atoms with Crippen LogP contribution in [0.5, 0.6) is 0 Å². The smallest absolute Gasteiger partial charge is 0.303 e. The van der Waals surface area contributed by atoms with E-state index in [4.69, 9.17) is 5.11 Å². The number of carboxylic acid groups (broad SMARTS) is 1. The van der Waals surface area contributed by atoms with Gasteiger partial charge in [-0.05, 0) is 12.5 Å². The van der Waals surface area contributed by atoms with Crippen LogP contribution in [0.4, 0.5) is 0 Å². The van der Waals surface area contributed by atoms with Gasteiger partial charge >= 0.3 is 5.97 Å². The molecule has 1 atom stereocenters. The van der Waals surface area contributed by atoms with E-state index >= 15 is 0 Å². The molecule has 1 unspecified atom stereocenters. The Kier molecular flexibility index (Phi) is 5.47. The average molecular weight is 157 g/mol. The van der Waals surface area contributed by atoms with Gasteiger partial charge in [0, 0.05) is 13.0 Å². The lowest BCUT2D eigenvalue weighted by molar-refractivity contribution is -0.137. The summed E-state index contributed by atoms with van der Waals surface area (Å²) in [6.07, 6.45) is 1.98. The van der Waals surface area contributed by atoms with Crippen LogP contribution in [0.15, 0.2) is 12.7 Å². The number of rotatable bonds is 6. The first kappa shape index (κ1) is 10.2. The summed E-state index contributed by atoms with van der Waals surface area (Å²) in [5, 5.41) is 11.5. The van der Waals surface area contributed by atoms with Gasteiger partial charge in [0.15, 0.2) is 0 Å². The molecular weight excluding hydrogens is 142 g/mol. The Morgan fingerprint density at radius 2 is 2.45 bits per heavy atom. The number of aliphatic carboxylic acids is 1. The fourth-order valence-electron chi connectivity index (χ4n) is 0.802. The molecule has 0 fully saturated rings. The van der Waals surface area contributed by atoms with Crippen molar-refractivity contribution in [2.75, 3.05) is 13.1 Å². The Labute approximate surface area is 67.1 Å². The Morgan fingerprint density at radius 1 is 1.82 bits per heavy atom. The summed E-state index contributed by atoms with van der Waals surface area (Å²) in [6, 6.07) is 0. The monoisotopic (exact) mass is 157 g/mol. The number of carbonyl (C=O) groups is 1. The molecule has 2 N–H and O–H groups in total. The fraction of sp³-hybridized carbons (Fsp3) is 0.625. The number of hydrogen-bond acceptors (Lipinski definition) is 2. The van der Waals surface area contributed by atoms with Gasteiger partial charge in [-0.2, -0.15) is 0 Å². The summed E-state index contributed by atoms with van der Waals surface area (Å²) in [5.74, 6) is -0.551. The van der Waals surface area contributed by atoms with E-state index in [-0.39, 0.29) is 12.3 Å². The molecule has 11 heavy (non-hydrogen) atoms. The van der Waals surface area contributed by atoms with Crippen LogP contribution in [0, 0.1) is 5.92 Å². The van der Waals surface area contributed by atoms with Crippen molar-refractivity contribution in [1.29, 1.82) is 0 Å². The Hall–Kier alpha value is -0.830. The first-order chi connectivity index (χ1) is 5.16. The van der Waals surface area contributed by atoms with Crippen molar-refractivity contribution in [3.8, 4) is 0 Å². The van der Waals surface area contributed by atoms with E-state index < -0.39 is 5.97 Å². The molecule has 3 heteroatoms. The predicted octanol–water partition coefficient (Wildman–Crippen LogP) is 0.873. The first-order valence-corrected chi connectivity index (χ1v) is 3.70. The van der Waals surface area contributed by atoms with Gasteiger partial charge < -0.3 is 10.4 Å². The SMILES string of the molecule is C=CCNCC(C)CC(=O)O. The van der Waals surface area contributed by atoms with E-state index in [1.165, 1.54) is 0 Å². The Bertz CT molecular complexity index is 134. The van der Waals surface area contributed by atoms with Gasteiger partial charge in [-0.1, -0.05) is 13.0 Å². The van der Waals surface area contributed by atoms with Crippen molar-refractivity contribution in [3.63, 3.8) is 0 Å². The zero-order valence-corrected chi connectivity index (χ0v) is 6.84. The third-order valence-corrected chi connectivity index (χ3v) is 1.30. The normalized spacial score (nSPS) is 12.5. The van der Waals surface area contributed by atoms with E-state index in [2.05, 4.69) is 11.9 Å². The van der Waals surface area contributed by atoms with E-state index in [0.29, 0.717) is 0 Å². The van der Waals surface area contributed by atoms with Gasteiger partial charge in [0.05, 0.1) is 0 Å². The van der Waals surface area contributed by atoms with Crippen LogP contribution in [0.2, 0.25) is 0 Å². The largest absolute Gasteiger partial charge is 0.481 e. The molecule has 0 aromatic heterocycles. The molecule has 0 bridgehead atoms. The van der Waals surface area contributed by atoms with Crippen molar-refractivity contribution in [3.05, 3.63) is 12.7 Å². The maximum Gasteiger partial charge on any atom is 0.303 e. The summed E-state index contributed by atoms with van der Waals surface area (Å²) < 4.78 is 0. The van der Waals surface area contributed by atoms with Gasteiger partial charge in [-0.3, -0.25) is 4.79 Å². The summed E-state index contributed by atoms with van der Waals surface area (Å²) in [5.41, 5.74) is 0. The minimum Gasteiger partial charge on any atom is -0.481 e. The second kappa shape index (κ2) is 5.92. The summed E-state index contributed by atoms with van der Waals surface area (Å²) in [4.78, 5) is 10.2. The van der Waals surface area contributed by atoms with Crippen LogP contribution in [-0.4, -0.2) is 24.2 Å². The van der Waals surface area contributed by atoms with E-state index in [1.54, 1.807) is 6.08 Å². The zero-order chi connectivity index (χ0) is 8.69. The van der Waals surface area contributed by atoms with Gasteiger partial charge in [0.25, 0.3) is 0 Å². The molecule has 0 aliphatic carbocycles. The lowest BCUT2D eigenvalue weighted by atomic mass is 10.1. The minimum atomic E-state index is -0.738. The van der Waals surface area contributed by atoms with Gasteiger partial charge in [0.1, 0.15) is 0 Å². The highest BCUT2D eigenvalue weighted by molar-refractivity contribution is 5.66. The quantitative estimate of drug-likeness (QED) is 0.444. The molecular formula is C8H15NO2. The van der Waals surface area contributed by atoms with Crippen molar-refractivity contribution in [2.24, 2.45) is 5.92 Å². The van der Waals surface area contributed by atoms with Crippen LogP contribution in [0.3, 0.4) is 0 Å². The van der Waals surface area contributed by atoms with Crippen molar-refractivity contribution >= 4 is 5.97 Å². The lowest BCUT2D eigenvalue weighted by Crippen LogP contribution is -2.22. The molecule has 0 saturated carbocycles. The van der Waals surface area contributed by atoms with Crippen LogP contribution < -0.4 is 5.32 Å². The Morgan fingerprint density at radius 3 is 2.91 bits per heavy atom. The molecule has 0 spiro atoms. The highest BCUT2D eigenvalue weighted by Crippen LogP contribution is 1.98. The highest BCUT2D eigenvalue weighted by Gasteiger charge is 2.05. The third-order valence-electron chi connectivity index (χ3n) is 1.30. The van der Waals surface area contributed by atoms with Crippen LogP contribution >= 0.6 is 0 Å². The molecule has 0 aliphatic rings.